The maximum atomic E-state index is 13.3. The van der Waals surface area contributed by atoms with Gasteiger partial charge in [0.05, 0.1) is 18.2 Å². The molecule has 0 bridgehead atoms. The maximum absolute atomic E-state index is 13.3. The smallest absolute Gasteiger partial charge is 0.232 e. The number of benzene rings is 2. The quantitative estimate of drug-likeness (QED) is 0.730. The van der Waals surface area contributed by atoms with E-state index in [1.54, 1.807) is 6.26 Å². The number of furan rings is 1. The van der Waals surface area contributed by atoms with E-state index in [9.17, 15) is 4.79 Å². The minimum atomic E-state index is -0.310. The molecule has 3 nitrogen and oxygen atoms in total. The predicted octanol–water partition coefficient (Wildman–Crippen LogP) is 4.91. The number of hydrogen-bond donors (Lipinski definition) is 1. The van der Waals surface area contributed by atoms with E-state index in [4.69, 9.17) is 4.42 Å². The lowest BCUT2D eigenvalue weighted by Crippen LogP contribution is -2.35. The zero-order chi connectivity index (χ0) is 17.9. The Bertz CT molecular complexity index is 844. The van der Waals surface area contributed by atoms with Gasteiger partial charge >= 0.3 is 0 Å². The van der Waals surface area contributed by atoms with Crippen molar-refractivity contribution < 1.29 is 9.21 Å². The van der Waals surface area contributed by atoms with Crippen molar-refractivity contribution >= 4 is 5.91 Å². The molecule has 0 fully saturated rings. The van der Waals surface area contributed by atoms with Gasteiger partial charge < -0.3 is 9.73 Å². The lowest BCUT2D eigenvalue weighted by atomic mass is 9.87. The fourth-order valence-corrected chi connectivity index (χ4v) is 3.97. The maximum Gasteiger partial charge on any atom is 0.232 e. The van der Waals surface area contributed by atoms with Crippen molar-refractivity contribution in [2.75, 3.05) is 0 Å². The van der Waals surface area contributed by atoms with Crippen LogP contribution in [0.25, 0.3) is 0 Å². The monoisotopic (exact) mass is 345 g/mol. The lowest BCUT2D eigenvalue weighted by molar-refractivity contribution is -0.122. The van der Waals surface area contributed by atoms with E-state index in [0.29, 0.717) is 0 Å². The Morgan fingerprint density at radius 2 is 1.65 bits per heavy atom. The van der Waals surface area contributed by atoms with Gasteiger partial charge in [0.15, 0.2) is 0 Å². The Morgan fingerprint density at radius 1 is 1.04 bits per heavy atom. The first kappa shape index (κ1) is 16.6. The topological polar surface area (TPSA) is 42.2 Å². The second-order valence-electron chi connectivity index (χ2n) is 6.96. The first-order valence-electron chi connectivity index (χ1n) is 9.21. The number of aryl methyl sites for hydroxylation is 2. The molecule has 0 aliphatic heterocycles. The zero-order valence-corrected chi connectivity index (χ0v) is 14.9. The standard InChI is InChI=1S/C23H23NO2/c1-16-15-26-20-14-8-13-19(21(16)20)24-23(25)22(17-9-4-2-5-10-17)18-11-6-3-7-12-18/h2-7,9-12,15,19,22H,8,13-14H2,1H3,(H,24,25). The summed E-state index contributed by atoms with van der Waals surface area (Å²) in [6, 6.07) is 20.0. The molecule has 1 unspecified atom stereocenters. The van der Waals surface area contributed by atoms with E-state index < -0.39 is 0 Å². The summed E-state index contributed by atoms with van der Waals surface area (Å²) in [5.74, 6) is 0.755. The molecule has 1 heterocycles. The van der Waals surface area contributed by atoms with Crippen molar-refractivity contribution in [2.24, 2.45) is 0 Å². The molecule has 1 amide bonds. The van der Waals surface area contributed by atoms with Crippen molar-refractivity contribution in [3.05, 3.63) is 94.9 Å². The van der Waals surface area contributed by atoms with Gasteiger partial charge in [0.25, 0.3) is 0 Å². The Kier molecular flexibility index (Phi) is 4.61. The van der Waals surface area contributed by atoms with Gasteiger partial charge in [-0.05, 0) is 36.5 Å². The molecule has 1 aliphatic carbocycles. The predicted molar refractivity (Wildman–Crippen MR) is 102 cm³/mol. The summed E-state index contributed by atoms with van der Waals surface area (Å²) < 4.78 is 5.68. The van der Waals surface area contributed by atoms with Crippen molar-refractivity contribution in [2.45, 2.75) is 38.1 Å². The largest absolute Gasteiger partial charge is 0.469 e. The van der Waals surface area contributed by atoms with Gasteiger partial charge in [-0.15, -0.1) is 0 Å². The average molecular weight is 345 g/mol. The third kappa shape index (κ3) is 3.17. The summed E-state index contributed by atoms with van der Waals surface area (Å²) in [5.41, 5.74) is 4.32. The Labute approximate surface area is 154 Å². The number of hydrogen-bond acceptors (Lipinski definition) is 2. The van der Waals surface area contributed by atoms with E-state index in [-0.39, 0.29) is 17.9 Å². The summed E-state index contributed by atoms with van der Waals surface area (Å²) in [6.45, 7) is 2.05. The van der Waals surface area contributed by atoms with E-state index in [1.807, 2.05) is 60.7 Å². The summed E-state index contributed by atoms with van der Waals surface area (Å²) >= 11 is 0. The zero-order valence-electron chi connectivity index (χ0n) is 14.9. The van der Waals surface area contributed by atoms with Crippen LogP contribution in [0.15, 0.2) is 71.3 Å². The molecule has 132 valence electrons. The third-order valence-electron chi connectivity index (χ3n) is 5.19. The summed E-state index contributed by atoms with van der Waals surface area (Å²) in [5, 5.41) is 3.30. The van der Waals surface area contributed by atoms with Gasteiger partial charge in [-0.3, -0.25) is 4.79 Å². The fourth-order valence-electron chi connectivity index (χ4n) is 3.97. The summed E-state index contributed by atoms with van der Waals surface area (Å²) in [7, 11) is 0. The lowest BCUT2D eigenvalue weighted by Gasteiger charge is -2.26. The van der Waals surface area contributed by atoms with Crippen LogP contribution in [0.4, 0.5) is 0 Å². The number of rotatable bonds is 4. The Hall–Kier alpha value is -2.81. The molecule has 0 saturated carbocycles. The van der Waals surface area contributed by atoms with Crippen LogP contribution < -0.4 is 5.32 Å². The molecular weight excluding hydrogens is 322 g/mol. The van der Waals surface area contributed by atoms with Crippen LogP contribution >= 0.6 is 0 Å². The molecule has 1 N–H and O–H groups in total. The molecule has 0 saturated heterocycles. The van der Waals surface area contributed by atoms with Gasteiger partial charge in [0.2, 0.25) is 5.91 Å². The second kappa shape index (κ2) is 7.20. The van der Waals surface area contributed by atoms with Gasteiger partial charge in [-0.25, -0.2) is 0 Å². The first-order valence-corrected chi connectivity index (χ1v) is 9.21. The SMILES string of the molecule is Cc1coc2c1C(NC(=O)C(c1ccccc1)c1ccccc1)CCC2. The number of carbonyl (C=O) groups excluding carboxylic acids is 1. The second-order valence-corrected chi connectivity index (χ2v) is 6.96. The van der Waals surface area contributed by atoms with Crippen LogP contribution in [0.3, 0.4) is 0 Å². The minimum Gasteiger partial charge on any atom is -0.469 e. The number of amides is 1. The normalized spacial score (nSPS) is 16.3. The number of nitrogens with one attached hydrogen (secondary N) is 1. The van der Waals surface area contributed by atoms with E-state index >= 15 is 0 Å². The minimum absolute atomic E-state index is 0.0277. The van der Waals surface area contributed by atoms with Crippen LogP contribution in [0.2, 0.25) is 0 Å². The first-order chi connectivity index (χ1) is 12.7. The van der Waals surface area contributed by atoms with Gasteiger partial charge in [-0.2, -0.15) is 0 Å². The Balaban J connectivity index is 1.65. The highest BCUT2D eigenvalue weighted by Crippen LogP contribution is 2.34. The average Bonchev–Trinajstić information content (AvgIpc) is 3.06. The van der Waals surface area contributed by atoms with Gasteiger partial charge in [0.1, 0.15) is 5.76 Å². The molecule has 4 rings (SSSR count). The molecule has 3 heteroatoms. The number of carbonyl (C=O) groups is 1. The highest BCUT2D eigenvalue weighted by molar-refractivity contribution is 5.87. The number of fused-ring (bicyclic) bond motifs is 1. The summed E-state index contributed by atoms with van der Waals surface area (Å²) in [6.07, 6.45) is 4.75. The summed E-state index contributed by atoms with van der Waals surface area (Å²) in [4.78, 5) is 13.3. The molecule has 0 spiro atoms. The molecule has 2 aromatic carbocycles. The van der Waals surface area contributed by atoms with Crippen LogP contribution in [-0.2, 0) is 11.2 Å². The van der Waals surface area contributed by atoms with Crippen molar-refractivity contribution in [1.29, 1.82) is 0 Å². The highest BCUT2D eigenvalue weighted by atomic mass is 16.3. The van der Waals surface area contributed by atoms with Crippen molar-refractivity contribution in [3.8, 4) is 0 Å². The molecule has 26 heavy (non-hydrogen) atoms. The van der Waals surface area contributed by atoms with Crippen molar-refractivity contribution in [3.63, 3.8) is 0 Å². The van der Waals surface area contributed by atoms with Crippen LogP contribution in [-0.4, -0.2) is 5.91 Å². The molecule has 3 aromatic rings. The highest BCUT2D eigenvalue weighted by Gasteiger charge is 2.30. The van der Waals surface area contributed by atoms with Crippen molar-refractivity contribution in [1.82, 2.24) is 5.32 Å². The van der Waals surface area contributed by atoms with E-state index in [1.165, 1.54) is 5.56 Å². The molecule has 1 atom stereocenters. The molecule has 1 aliphatic rings. The third-order valence-corrected chi connectivity index (χ3v) is 5.19. The van der Waals surface area contributed by atoms with Crippen LogP contribution in [0.5, 0.6) is 0 Å². The molecule has 1 aromatic heterocycles. The Morgan fingerprint density at radius 3 is 2.27 bits per heavy atom. The van der Waals surface area contributed by atoms with Gasteiger partial charge in [0, 0.05) is 12.0 Å². The molecular formula is C23H23NO2. The van der Waals surface area contributed by atoms with Crippen LogP contribution in [0.1, 0.15) is 52.8 Å². The van der Waals surface area contributed by atoms with E-state index in [0.717, 1.165) is 41.7 Å². The van der Waals surface area contributed by atoms with Crippen LogP contribution in [0, 0.1) is 6.92 Å². The van der Waals surface area contributed by atoms with Gasteiger partial charge in [-0.1, -0.05) is 60.7 Å². The van der Waals surface area contributed by atoms with E-state index in [2.05, 4.69) is 12.2 Å². The fraction of sp³-hybridized carbons (Fsp3) is 0.261. The molecule has 0 radical (unpaired) electrons.